The number of hydrogen-bond donors (Lipinski definition) is 3. The minimum absolute atomic E-state index is 0.0137. The predicted molar refractivity (Wildman–Crippen MR) is 143 cm³/mol. The molecule has 5 N–H and O–H groups in total. The van der Waals surface area contributed by atoms with Gasteiger partial charge in [0, 0.05) is 23.7 Å². The monoisotopic (exact) mass is 520 g/mol. The Morgan fingerprint density at radius 3 is 2.32 bits per heavy atom. The third-order valence-corrected chi connectivity index (χ3v) is 7.83. The molecule has 1 amide bonds. The van der Waals surface area contributed by atoms with Crippen molar-refractivity contribution in [3.05, 3.63) is 89.5 Å². The third-order valence-electron chi connectivity index (χ3n) is 6.86. The zero-order chi connectivity index (χ0) is 26.4. The minimum Gasteiger partial charge on any atom is -0.409 e. The summed E-state index contributed by atoms with van der Waals surface area (Å²) in [5, 5.41) is 17.6. The lowest BCUT2D eigenvalue weighted by atomic mass is 9.92. The molecule has 0 spiro atoms. The van der Waals surface area contributed by atoms with Crippen LogP contribution in [0.1, 0.15) is 48.8 Å². The summed E-state index contributed by atoms with van der Waals surface area (Å²) in [6.45, 7) is 0.395. The van der Waals surface area contributed by atoms with Crippen LogP contribution in [0.15, 0.2) is 82.8 Å². The highest BCUT2D eigenvalue weighted by Gasteiger charge is 2.27. The molecule has 0 saturated heterocycles. The largest absolute Gasteiger partial charge is 0.409 e. The molecular formula is C28H32N4O4S. The van der Waals surface area contributed by atoms with Crippen molar-refractivity contribution in [1.82, 2.24) is 4.90 Å². The van der Waals surface area contributed by atoms with E-state index in [-0.39, 0.29) is 29.1 Å². The van der Waals surface area contributed by atoms with E-state index in [1.807, 2.05) is 47.4 Å². The molecule has 0 unspecified atom stereocenters. The molecule has 0 radical (unpaired) electrons. The molecule has 37 heavy (non-hydrogen) atoms. The number of primary sulfonamides is 1. The SMILES string of the molecule is NC(=NO)c1cccc(CN(C(=O)Cc2ccccc2-c2ccccc2S(N)(=O)=O)C2CCCCC2)c1. The van der Waals surface area contributed by atoms with Gasteiger partial charge in [-0.1, -0.05) is 85.1 Å². The van der Waals surface area contributed by atoms with Crippen molar-refractivity contribution in [3.63, 3.8) is 0 Å². The second-order valence-electron chi connectivity index (χ2n) is 9.37. The zero-order valence-electron chi connectivity index (χ0n) is 20.6. The van der Waals surface area contributed by atoms with Gasteiger partial charge in [-0.25, -0.2) is 13.6 Å². The molecule has 1 aliphatic carbocycles. The maximum absolute atomic E-state index is 13.9. The summed E-state index contributed by atoms with van der Waals surface area (Å²) >= 11 is 0. The molecule has 194 valence electrons. The smallest absolute Gasteiger partial charge is 0.238 e. The van der Waals surface area contributed by atoms with Gasteiger partial charge in [0.05, 0.1) is 11.3 Å². The van der Waals surface area contributed by atoms with Crippen LogP contribution < -0.4 is 10.9 Å². The summed E-state index contributed by atoms with van der Waals surface area (Å²) in [6, 6.07) is 21.3. The number of carbonyl (C=O) groups is 1. The molecule has 0 heterocycles. The Hall–Kier alpha value is -3.69. The highest BCUT2D eigenvalue weighted by atomic mass is 32.2. The van der Waals surface area contributed by atoms with Crippen molar-refractivity contribution in [2.24, 2.45) is 16.0 Å². The van der Waals surface area contributed by atoms with Crippen molar-refractivity contribution in [2.45, 2.75) is 56.0 Å². The van der Waals surface area contributed by atoms with Crippen molar-refractivity contribution in [3.8, 4) is 11.1 Å². The fourth-order valence-corrected chi connectivity index (χ4v) is 5.79. The predicted octanol–water partition coefficient (Wildman–Crippen LogP) is 4.00. The number of amides is 1. The van der Waals surface area contributed by atoms with Gasteiger partial charge in [-0.2, -0.15) is 0 Å². The Bertz CT molecular complexity index is 1400. The molecule has 3 aromatic carbocycles. The van der Waals surface area contributed by atoms with E-state index in [0.717, 1.165) is 43.2 Å². The maximum atomic E-state index is 13.9. The average molecular weight is 521 g/mol. The lowest BCUT2D eigenvalue weighted by Crippen LogP contribution is -2.41. The molecule has 3 aromatic rings. The molecule has 9 heteroatoms. The molecule has 0 bridgehead atoms. The van der Waals surface area contributed by atoms with Crippen LogP contribution in [-0.4, -0.2) is 36.3 Å². The van der Waals surface area contributed by atoms with Crippen LogP contribution in [-0.2, 0) is 27.8 Å². The van der Waals surface area contributed by atoms with E-state index < -0.39 is 10.0 Å². The number of benzene rings is 3. The van der Waals surface area contributed by atoms with E-state index in [2.05, 4.69) is 5.16 Å². The number of rotatable bonds is 8. The van der Waals surface area contributed by atoms with E-state index >= 15 is 0 Å². The Kier molecular flexibility index (Phi) is 8.25. The first-order valence-corrected chi connectivity index (χ1v) is 13.9. The minimum atomic E-state index is -3.95. The van der Waals surface area contributed by atoms with Gasteiger partial charge in [-0.05, 0) is 41.7 Å². The summed E-state index contributed by atoms with van der Waals surface area (Å²) in [5.41, 5.74) is 9.12. The van der Waals surface area contributed by atoms with E-state index in [4.69, 9.17) is 16.1 Å². The van der Waals surface area contributed by atoms with Gasteiger partial charge in [-0.15, -0.1) is 0 Å². The Morgan fingerprint density at radius 2 is 1.62 bits per heavy atom. The van der Waals surface area contributed by atoms with Gasteiger partial charge in [-0.3, -0.25) is 4.79 Å². The molecule has 0 aliphatic heterocycles. The summed E-state index contributed by atoms with van der Waals surface area (Å²) in [5.74, 6) is -0.0264. The summed E-state index contributed by atoms with van der Waals surface area (Å²) < 4.78 is 24.5. The number of amidine groups is 1. The number of sulfonamides is 1. The number of nitrogens with zero attached hydrogens (tertiary/aromatic N) is 2. The number of carbonyl (C=O) groups excluding carboxylic acids is 1. The Labute approximate surface area is 217 Å². The van der Waals surface area contributed by atoms with Crippen molar-refractivity contribution in [2.75, 3.05) is 0 Å². The van der Waals surface area contributed by atoms with E-state index in [1.54, 1.807) is 24.3 Å². The first kappa shape index (κ1) is 26.4. The molecule has 1 saturated carbocycles. The van der Waals surface area contributed by atoms with Gasteiger partial charge in [0.2, 0.25) is 15.9 Å². The van der Waals surface area contributed by atoms with Crippen LogP contribution in [0.2, 0.25) is 0 Å². The fraction of sp³-hybridized carbons (Fsp3) is 0.286. The lowest BCUT2D eigenvalue weighted by Gasteiger charge is -2.35. The van der Waals surface area contributed by atoms with Gasteiger partial charge in [0.25, 0.3) is 0 Å². The number of oxime groups is 1. The van der Waals surface area contributed by atoms with Crippen LogP contribution in [0.25, 0.3) is 11.1 Å². The van der Waals surface area contributed by atoms with Gasteiger partial charge in [0.1, 0.15) is 0 Å². The topological polar surface area (TPSA) is 139 Å². The molecular weight excluding hydrogens is 488 g/mol. The average Bonchev–Trinajstić information content (AvgIpc) is 2.91. The molecule has 0 aromatic heterocycles. The standard InChI is InChI=1S/C28H32N4O4S/c29-28(31-34)22-11-8-9-20(17-22)19-32(23-12-2-1-3-13-23)27(33)18-21-10-4-5-14-24(21)25-15-6-7-16-26(25)37(30,35)36/h4-11,14-17,23,34H,1-3,12-13,18-19H2,(H2,29,31)(H2,30,35,36). The van der Waals surface area contributed by atoms with Gasteiger partial charge in [0.15, 0.2) is 5.84 Å². The van der Waals surface area contributed by atoms with Gasteiger partial charge >= 0.3 is 0 Å². The fourth-order valence-electron chi connectivity index (χ4n) is 5.04. The van der Waals surface area contributed by atoms with E-state index in [9.17, 15) is 13.2 Å². The summed E-state index contributed by atoms with van der Waals surface area (Å²) in [6.07, 6.45) is 5.27. The van der Waals surface area contributed by atoms with Crippen LogP contribution in [0, 0.1) is 0 Å². The second-order valence-corrected chi connectivity index (χ2v) is 10.9. The lowest BCUT2D eigenvalue weighted by molar-refractivity contribution is -0.134. The van der Waals surface area contributed by atoms with Crippen molar-refractivity contribution >= 4 is 21.8 Å². The summed E-state index contributed by atoms with van der Waals surface area (Å²) in [7, 11) is -3.95. The molecule has 8 nitrogen and oxygen atoms in total. The van der Waals surface area contributed by atoms with Crippen LogP contribution in [0.3, 0.4) is 0 Å². The molecule has 1 aliphatic rings. The quantitative estimate of drug-likeness (QED) is 0.178. The normalized spacial score (nSPS) is 14.9. The maximum Gasteiger partial charge on any atom is 0.238 e. The van der Waals surface area contributed by atoms with E-state index in [1.165, 1.54) is 6.07 Å². The van der Waals surface area contributed by atoms with E-state index in [0.29, 0.717) is 23.2 Å². The number of nitrogens with two attached hydrogens (primary N) is 2. The Morgan fingerprint density at radius 1 is 0.946 bits per heavy atom. The highest BCUT2D eigenvalue weighted by molar-refractivity contribution is 7.89. The molecule has 1 fully saturated rings. The van der Waals surface area contributed by atoms with Crippen LogP contribution >= 0.6 is 0 Å². The summed E-state index contributed by atoms with van der Waals surface area (Å²) in [4.78, 5) is 15.8. The van der Waals surface area contributed by atoms with Crippen LogP contribution in [0.4, 0.5) is 0 Å². The van der Waals surface area contributed by atoms with Gasteiger partial charge < -0.3 is 15.8 Å². The highest BCUT2D eigenvalue weighted by Crippen LogP contribution is 2.31. The molecule has 4 rings (SSSR count). The number of hydrogen-bond acceptors (Lipinski definition) is 5. The van der Waals surface area contributed by atoms with Crippen molar-refractivity contribution < 1.29 is 18.4 Å². The van der Waals surface area contributed by atoms with Crippen LogP contribution in [0.5, 0.6) is 0 Å². The third kappa shape index (κ3) is 6.36. The zero-order valence-corrected chi connectivity index (χ0v) is 21.4. The Balaban J connectivity index is 1.67. The molecule has 0 atom stereocenters. The second kappa shape index (κ2) is 11.6. The first-order valence-electron chi connectivity index (χ1n) is 12.3. The van der Waals surface area contributed by atoms with Crippen molar-refractivity contribution in [1.29, 1.82) is 0 Å². The first-order chi connectivity index (χ1) is 17.8.